The number of carbonyl (C=O) groups excluding carboxylic acids is 2. The Morgan fingerprint density at radius 2 is 1.54 bits per heavy atom. The van der Waals surface area contributed by atoms with Gasteiger partial charge in [0, 0.05) is 56.0 Å². The molecule has 2 aromatic rings. The molecule has 1 aliphatic heterocycles. The number of rotatable bonds is 6. The van der Waals surface area contributed by atoms with Crippen LogP contribution in [0.3, 0.4) is 0 Å². The van der Waals surface area contributed by atoms with E-state index in [0.717, 1.165) is 31.9 Å². The predicted molar refractivity (Wildman–Crippen MR) is 105 cm³/mol. The molecule has 1 N–H and O–H groups in total. The van der Waals surface area contributed by atoms with Gasteiger partial charge in [0.15, 0.2) is 5.78 Å². The van der Waals surface area contributed by atoms with Crippen molar-refractivity contribution >= 4 is 23.1 Å². The zero-order valence-corrected chi connectivity index (χ0v) is 15.1. The largest absolute Gasteiger partial charge is 0.369 e. The number of likely N-dealkylation sites (N-methyl/N-ethyl adjacent to an activating group) is 1. The number of nitrogens with one attached hydrogen (secondary N) is 1. The summed E-state index contributed by atoms with van der Waals surface area (Å²) in [7, 11) is 2.14. The number of carbonyl (C=O) groups is 2. The van der Waals surface area contributed by atoms with Crippen LogP contribution in [-0.4, -0.2) is 49.8 Å². The maximum absolute atomic E-state index is 12.1. The van der Waals surface area contributed by atoms with Crippen molar-refractivity contribution in [1.29, 1.82) is 0 Å². The van der Waals surface area contributed by atoms with E-state index in [-0.39, 0.29) is 24.5 Å². The van der Waals surface area contributed by atoms with Crippen molar-refractivity contribution in [3.63, 3.8) is 0 Å². The van der Waals surface area contributed by atoms with Gasteiger partial charge in [0.25, 0.3) is 0 Å². The molecule has 1 fully saturated rings. The van der Waals surface area contributed by atoms with Crippen LogP contribution in [0.2, 0.25) is 0 Å². The number of hydrogen-bond donors (Lipinski definition) is 1. The van der Waals surface area contributed by atoms with E-state index >= 15 is 0 Å². The van der Waals surface area contributed by atoms with Crippen molar-refractivity contribution in [2.24, 2.45) is 0 Å². The lowest BCUT2D eigenvalue weighted by Crippen LogP contribution is -2.44. The van der Waals surface area contributed by atoms with Crippen molar-refractivity contribution in [2.75, 3.05) is 43.4 Å². The molecule has 0 radical (unpaired) electrons. The number of amides is 1. The van der Waals surface area contributed by atoms with Crippen LogP contribution in [0.5, 0.6) is 0 Å². The van der Waals surface area contributed by atoms with Crippen molar-refractivity contribution in [3.05, 3.63) is 60.2 Å². The molecule has 5 heteroatoms. The van der Waals surface area contributed by atoms with Crippen LogP contribution in [0, 0.1) is 0 Å². The first-order valence-corrected chi connectivity index (χ1v) is 9.03. The molecular weight excluding hydrogens is 326 g/mol. The van der Waals surface area contributed by atoms with Crippen molar-refractivity contribution in [1.82, 2.24) is 4.90 Å². The van der Waals surface area contributed by atoms with Crippen LogP contribution >= 0.6 is 0 Å². The highest BCUT2D eigenvalue weighted by Crippen LogP contribution is 2.19. The summed E-state index contributed by atoms with van der Waals surface area (Å²) in [4.78, 5) is 28.8. The number of piperazine rings is 1. The first-order chi connectivity index (χ1) is 12.6. The minimum atomic E-state index is -0.137. The normalized spacial score (nSPS) is 14.9. The summed E-state index contributed by atoms with van der Waals surface area (Å²) in [6.07, 6.45) is 0.406. The minimum absolute atomic E-state index is 0.00818. The van der Waals surface area contributed by atoms with Gasteiger partial charge in [-0.05, 0) is 31.3 Å². The average Bonchev–Trinajstić information content (AvgIpc) is 2.68. The van der Waals surface area contributed by atoms with Gasteiger partial charge in [-0.3, -0.25) is 9.59 Å². The zero-order valence-electron chi connectivity index (χ0n) is 15.1. The van der Waals surface area contributed by atoms with Gasteiger partial charge in [0.05, 0.1) is 0 Å². The SMILES string of the molecule is CN1CCN(c2ccc(NC(=O)CCC(=O)c3ccccc3)cc2)CC1. The van der Waals surface area contributed by atoms with Crippen LogP contribution in [-0.2, 0) is 4.79 Å². The van der Waals surface area contributed by atoms with Crippen LogP contribution in [0.25, 0.3) is 0 Å². The van der Waals surface area contributed by atoms with Crippen molar-refractivity contribution < 1.29 is 9.59 Å². The average molecular weight is 351 g/mol. The fourth-order valence-corrected chi connectivity index (χ4v) is 3.04. The topological polar surface area (TPSA) is 52.6 Å². The molecule has 0 aliphatic carbocycles. The number of benzene rings is 2. The summed E-state index contributed by atoms with van der Waals surface area (Å²) in [5, 5.41) is 2.87. The number of hydrogen-bond acceptors (Lipinski definition) is 4. The monoisotopic (exact) mass is 351 g/mol. The highest BCUT2D eigenvalue weighted by atomic mass is 16.2. The van der Waals surface area contributed by atoms with E-state index in [1.54, 1.807) is 12.1 Å². The van der Waals surface area contributed by atoms with Gasteiger partial charge in [-0.2, -0.15) is 0 Å². The number of anilines is 2. The van der Waals surface area contributed by atoms with E-state index in [1.165, 1.54) is 5.69 Å². The van der Waals surface area contributed by atoms with Gasteiger partial charge in [-0.1, -0.05) is 30.3 Å². The van der Waals surface area contributed by atoms with Gasteiger partial charge >= 0.3 is 0 Å². The third-order valence-electron chi connectivity index (χ3n) is 4.69. The highest BCUT2D eigenvalue weighted by Gasteiger charge is 2.14. The molecule has 0 spiro atoms. The molecule has 5 nitrogen and oxygen atoms in total. The van der Waals surface area contributed by atoms with Crippen LogP contribution in [0.15, 0.2) is 54.6 Å². The van der Waals surface area contributed by atoms with Gasteiger partial charge < -0.3 is 15.1 Å². The molecular formula is C21H25N3O2. The zero-order chi connectivity index (χ0) is 18.4. The van der Waals surface area contributed by atoms with Crippen LogP contribution in [0.4, 0.5) is 11.4 Å². The molecule has 26 heavy (non-hydrogen) atoms. The maximum Gasteiger partial charge on any atom is 0.224 e. The first-order valence-electron chi connectivity index (χ1n) is 9.03. The van der Waals surface area contributed by atoms with Crippen molar-refractivity contribution in [3.8, 4) is 0 Å². The Morgan fingerprint density at radius 1 is 0.885 bits per heavy atom. The Kier molecular flexibility index (Phi) is 6.02. The van der Waals surface area contributed by atoms with E-state index in [2.05, 4.69) is 22.2 Å². The molecule has 0 atom stereocenters. The summed E-state index contributed by atoms with van der Waals surface area (Å²) in [5.41, 5.74) is 2.59. The fourth-order valence-electron chi connectivity index (χ4n) is 3.04. The van der Waals surface area contributed by atoms with E-state index < -0.39 is 0 Å². The Balaban J connectivity index is 1.48. The quantitative estimate of drug-likeness (QED) is 0.813. The van der Waals surface area contributed by atoms with E-state index in [4.69, 9.17) is 0 Å². The van der Waals surface area contributed by atoms with Crippen LogP contribution < -0.4 is 10.2 Å². The summed E-state index contributed by atoms with van der Waals surface area (Å²) >= 11 is 0. The Bertz CT molecular complexity index is 736. The molecule has 2 aromatic carbocycles. The van der Waals surface area contributed by atoms with Crippen LogP contribution in [0.1, 0.15) is 23.2 Å². The molecule has 1 heterocycles. The summed E-state index contributed by atoms with van der Waals surface area (Å²) in [6, 6.07) is 17.0. The first kappa shape index (κ1) is 18.1. The molecule has 0 saturated carbocycles. The van der Waals surface area contributed by atoms with Crippen molar-refractivity contribution in [2.45, 2.75) is 12.8 Å². The van der Waals surface area contributed by atoms with E-state index in [0.29, 0.717) is 5.56 Å². The van der Waals surface area contributed by atoms with Gasteiger partial charge in [0.1, 0.15) is 0 Å². The molecule has 0 aromatic heterocycles. The third-order valence-corrected chi connectivity index (χ3v) is 4.69. The standard InChI is InChI=1S/C21H25N3O2/c1-23-13-15-24(16-14-23)19-9-7-18(8-10-19)22-21(26)12-11-20(25)17-5-3-2-4-6-17/h2-10H,11-16H2,1H3,(H,22,26). The number of Topliss-reactive ketones (excluding diaryl/α,β-unsaturated/α-hetero) is 1. The minimum Gasteiger partial charge on any atom is -0.369 e. The maximum atomic E-state index is 12.1. The molecule has 0 unspecified atom stereocenters. The third kappa shape index (κ3) is 4.92. The molecule has 1 amide bonds. The molecule has 0 bridgehead atoms. The Morgan fingerprint density at radius 3 is 2.19 bits per heavy atom. The second-order valence-electron chi connectivity index (χ2n) is 6.67. The summed E-state index contributed by atoms with van der Waals surface area (Å²) < 4.78 is 0. The predicted octanol–water partition coefficient (Wildman–Crippen LogP) is 3.04. The Labute approximate surface area is 154 Å². The molecule has 136 valence electrons. The molecule has 1 aliphatic rings. The number of ketones is 1. The van der Waals surface area contributed by atoms with E-state index in [9.17, 15) is 9.59 Å². The second kappa shape index (κ2) is 8.63. The summed E-state index contributed by atoms with van der Waals surface area (Å²) in [6.45, 7) is 4.16. The van der Waals surface area contributed by atoms with Gasteiger partial charge in [-0.25, -0.2) is 0 Å². The number of nitrogens with zero attached hydrogens (tertiary/aromatic N) is 2. The Hall–Kier alpha value is -2.66. The second-order valence-corrected chi connectivity index (χ2v) is 6.67. The van der Waals surface area contributed by atoms with E-state index in [1.807, 2.05) is 42.5 Å². The highest BCUT2D eigenvalue weighted by molar-refractivity contribution is 6.00. The fraction of sp³-hybridized carbons (Fsp3) is 0.333. The smallest absolute Gasteiger partial charge is 0.224 e. The van der Waals surface area contributed by atoms with Gasteiger partial charge in [-0.15, -0.1) is 0 Å². The summed E-state index contributed by atoms with van der Waals surface area (Å²) in [5.74, 6) is -0.146. The molecule has 1 saturated heterocycles. The lowest BCUT2D eigenvalue weighted by Gasteiger charge is -2.34. The lowest BCUT2D eigenvalue weighted by atomic mass is 10.1. The molecule has 3 rings (SSSR count). The van der Waals surface area contributed by atoms with Gasteiger partial charge in [0.2, 0.25) is 5.91 Å². The lowest BCUT2D eigenvalue weighted by molar-refractivity contribution is -0.116.